The molecular formula is C14H15F2NO4. The second kappa shape index (κ2) is 6.07. The zero-order chi connectivity index (χ0) is 15.6. The van der Waals surface area contributed by atoms with Crippen molar-refractivity contribution in [2.45, 2.75) is 38.5 Å². The number of aliphatic carboxylic acids is 1. The Hall–Kier alpha value is -2.18. The van der Waals surface area contributed by atoms with Crippen molar-refractivity contribution < 1.29 is 28.2 Å². The fourth-order valence-electron chi connectivity index (χ4n) is 2.08. The van der Waals surface area contributed by atoms with E-state index in [4.69, 9.17) is 5.11 Å². The molecule has 0 aromatic heterocycles. The molecule has 0 radical (unpaired) electrons. The molecule has 1 saturated carbocycles. The maximum Gasteiger partial charge on any atom is 0.387 e. The average molecular weight is 299 g/mol. The van der Waals surface area contributed by atoms with Gasteiger partial charge in [-0.15, -0.1) is 0 Å². The monoisotopic (exact) mass is 299 g/mol. The topological polar surface area (TPSA) is 66.8 Å². The van der Waals surface area contributed by atoms with Crippen LogP contribution in [-0.2, 0) is 4.79 Å². The smallest absolute Gasteiger partial charge is 0.387 e. The number of carboxylic acids is 1. The molecule has 1 aliphatic carbocycles. The van der Waals surface area contributed by atoms with E-state index in [1.54, 1.807) is 0 Å². The second-order valence-electron chi connectivity index (χ2n) is 4.86. The van der Waals surface area contributed by atoms with Crippen LogP contribution < -0.4 is 4.74 Å². The van der Waals surface area contributed by atoms with Crippen molar-refractivity contribution in [3.63, 3.8) is 0 Å². The summed E-state index contributed by atoms with van der Waals surface area (Å²) in [7, 11) is 0. The first-order chi connectivity index (χ1) is 9.90. The third-order valence-electron chi connectivity index (χ3n) is 3.26. The van der Waals surface area contributed by atoms with Crippen molar-refractivity contribution in [1.29, 1.82) is 0 Å². The van der Waals surface area contributed by atoms with Gasteiger partial charge >= 0.3 is 12.6 Å². The van der Waals surface area contributed by atoms with Gasteiger partial charge in [0.15, 0.2) is 0 Å². The molecule has 1 aromatic carbocycles. The standard InChI is InChI=1S/C14H15F2NO4/c1-8(13(19)20)17(10-5-6-10)12(18)9-3-2-4-11(7-9)21-14(15)16/h2-4,7-8,10,14H,5-6H2,1H3,(H,19,20). The van der Waals surface area contributed by atoms with Crippen LogP contribution in [0.5, 0.6) is 5.75 Å². The van der Waals surface area contributed by atoms with Gasteiger partial charge in [-0.1, -0.05) is 6.07 Å². The quantitative estimate of drug-likeness (QED) is 0.875. The van der Waals surface area contributed by atoms with Crippen LogP contribution in [0.1, 0.15) is 30.1 Å². The van der Waals surface area contributed by atoms with Gasteiger partial charge in [-0.2, -0.15) is 8.78 Å². The Morgan fingerprint density at radius 1 is 1.38 bits per heavy atom. The number of amides is 1. The number of nitrogens with zero attached hydrogens (tertiary/aromatic N) is 1. The molecule has 1 aliphatic rings. The van der Waals surface area contributed by atoms with E-state index in [1.807, 2.05) is 0 Å². The molecular weight excluding hydrogens is 284 g/mol. The van der Waals surface area contributed by atoms with Crippen LogP contribution in [0.15, 0.2) is 24.3 Å². The number of hydrogen-bond donors (Lipinski definition) is 1. The highest BCUT2D eigenvalue weighted by Gasteiger charge is 2.38. The largest absolute Gasteiger partial charge is 0.480 e. The van der Waals surface area contributed by atoms with Crippen LogP contribution in [-0.4, -0.2) is 40.6 Å². The zero-order valence-corrected chi connectivity index (χ0v) is 11.3. The summed E-state index contributed by atoms with van der Waals surface area (Å²) in [5, 5.41) is 9.08. The van der Waals surface area contributed by atoms with E-state index in [0.717, 1.165) is 12.8 Å². The Balaban J connectivity index is 2.22. The molecule has 7 heteroatoms. The van der Waals surface area contributed by atoms with Crippen LogP contribution in [0.2, 0.25) is 0 Å². The van der Waals surface area contributed by atoms with Crippen LogP contribution in [0.25, 0.3) is 0 Å². The molecule has 21 heavy (non-hydrogen) atoms. The van der Waals surface area contributed by atoms with Gasteiger partial charge in [0, 0.05) is 11.6 Å². The third-order valence-corrected chi connectivity index (χ3v) is 3.26. The Bertz CT molecular complexity index is 546. The molecule has 1 amide bonds. The predicted octanol–water partition coefficient (Wildman–Crippen LogP) is 2.37. The number of carbonyl (C=O) groups is 2. The van der Waals surface area contributed by atoms with Gasteiger partial charge in [0.05, 0.1) is 0 Å². The van der Waals surface area contributed by atoms with Gasteiger partial charge in [-0.25, -0.2) is 4.79 Å². The molecule has 1 unspecified atom stereocenters. The molecule has 1 aromatic rings. The number of alkyl halides is 2. The average Bonchev–Trinajstić information content (AvgIpc) is 3.22. The fraction of sp³-hybridized carbons (Fsp3) is 0.429. The van der Waals surface area contributed by atoms with Crippen LogP contribution >= 0.6 is 0 Å². The molecule has 5 nitrogen and oxygen atoms in total. The summed E-state index contributed by atoms with van der Waals surface area (Å²) >= 11 is 0. The molecule has 1 atom stereocenters. The van der Waals surface area contributed by atoms with E-state index in [9.17, 15) is 18.4 Å². The number of carboxylic acid groups (broad SMARTS) is 1. The first-order valence-corrected chi connectivity index (χ1v) is 6.50. The lowest BCUT2D eigenvalue weighted by molar-refractivity contribution is -0.141. The second-order valence-corrected chi connectivity index (χ2v) is 4.86. The van der Waals surface area contributed by atoms with E-state index < -0.39 is 24.5 Å². The minimum absolute atomic E-state index is 0.108. The summed E-state index contributed by atoms with van der Waals surface area (Å²) in [4.78, 5) is 24.8. The van der Waals surface area contributed by atoms with Gasteiger partial charge in [-0.05, 0) is 38.0 Å². The first-order valence-electron chi connectivity index (χ1n) is 6.50. The lowest BCUT2D eigenvalue weighted by Gasteiger charge is -2.26. The number of carbonyl (C=O) groups excluding carboxylic acids is 1. The summed E-state index contributed by atoms with van der Waals surface area (Å²) in [6.07, 6.45) is 1.49. The molecule has 1 N–H and O–H groups in total. The lowest BCUT2D eigenvalue weighted by atomic mass is 10.1. The minimum atomic E-state index is -2.98. The normalized spacial score (nSPS) is 15.6. The van der Waals surface area contributed by atoms with Crippen molar-refractivity contribution in [3.05, 3.63) is 29.8 Å². The molecule has 2 rings (SSSR count). The molecule has 0 heterocycles. The highest BCUT2D eigenvalue weighted by atomic mass is 19.3. The maximum atomic E-state index is 12.4. The lowest BCUT2D eigenvalue weighted by Crippen LogP contribution is -2.44. The van der Waals surface area contributed by atoms with E-state index >= 15 is 0 Å². The minimum Gasteiger partial charge on any atom is -0.480 e. The Labute approximate surface area is 120 Å². The number of halogens is 2. The SMILES string of the molecule is CC(C(=O)O)N(C(=O)c1cccc(OC(F)F)c1)C1CC1. The molecule has 0 spiro atoms. The number of hydrogen-bond acceptors (Lipinski definition) is 3. The Morgan fingerprint density at radius 3 is 2.57 bits per heavy atom. The summed E-state index contributed by atoms with van der Waals surface area (Å²) in [5.74, 6) is -1.73. The van der Waals surface area contributed by atoms with E-state index in [2.05, 4.69) is 4.74 Å². The Morgan fingerprint density at radius 2 is 2.05 bits per heavy atom. The molecule has 114 valence electrons. The van der Waals surface area contributed by atoms with Gasteiger partial charge in [0.25, 0.3) is 5.91 Å². The molecule has 1 fully saturated rings. The summed E-state index contributed by atoms with van der Waals surface area (Å²) < 4.78 is 28.6. The highest BCUT2D eigenvalue weighted by molar-refractivity contribution is 5.97. The van der Waals surface area contributed by atoms with Gasteiger partial charge in [-0.3, -0.25) is 4.79 Å². The fourth-order valence-corrected chi connectivity index (χ4v) is 2.08. The summed E-state index contributed by atoms with van der Waals surface area (Å²) in [6, 6.07) is 4.29. The van der Waals surface area contributed by atoms with Gasteiger partial charge < -0.3 is 14.7 Å². The summed E-state index contributed by atoms with van der Waals surface area (Å²) in [5.41, 5.74) is 0.133. The number of ether oxygens (including phenoxy) is 1. The van der Waals surface area contributed by atoms with Crippen molar-refractivity contribution in [2.75, 3.05) is 0 Å². The maximum absolute atomic E-state index is 12.4. The van der Waals surface area contributed by atoms with E-state index in [-0.39, 0.29) is 17.4 Å². The third kappa shape index (κ3) is 3.68. The van der Waals surface area contributed by atoms with Crippen molar-refractivity contribution >= 4 is 11.9 Å². The number of benzene rings is 1. The Kier molecular flexibility index (Phi) is 4.40. The van der Waals surface area contributed by atoms with E-state index in [1.165, 1.54) is 36.1 Å². The van der Waals surface area contributed by atoms with Crippen LogP contribution in [0.3, 0.4) is 0 Å². The van der Waals surface area contributed by atoms with E-state index in [0.29, 0.717) is 0 Å². The van der Waals surface area contributed by atoms with Gasteiger partial charge in [0.2, 0.25) is 0 Å². The van der Waals surface area contributed by atoms with Crippen molar-refractivity contribution in [2.24, 2.45) is 0 Å². The van der Waals surface area contributed by atoms with Crippen LogP contribution in [0.4, 0.5) is 8.78 Å². The molecule has 0 bridgehead atoms. The molecule has 0 aliphatic heterocycles. The first kappa shape index (κ1) is 15.2. The predicted molar refractivity (Wildman–Crippen MR) is 69.4 cm³/mol. The van der Waals surface area contributed by atoms with Crippen molar-refractivity contribution in [1.82, 2.24) is 4.90 Å². The van der Waals surface area contributed by atoms with Crippen LogP contribution in [0, 0.1) is 0 Å². The number of rotatable bonds is 6. The zero-order valence-electron chi connectivity index (χ0n) is 11.3. The van der Waals surface area contributed by atoms with Gasteiger partial charge in [0.1, 0.15) is 11.8 Å². The molecule has 0 saturated heterocycles. The highest BCUT2D eigenvalue weighted by Crippen LogP contribution is 2.30. The summed E-state index contributed by atoms with van der Waals surface area (Å²) in [6.45, 7) is -1.55. The van der Waals surface area contributed by atoms with Crippen molar-refractivity contribution in [3.8, 4) is 5.75 Å².